The molecular weight excluding hydrogens is 170 g/mol. The molecule has 0 fully saturated rings. The van der Waals surface area contributed by atoms with Crippen molar-refractivity contribution in [3.05, 3.63) is 0 Å². The second-order valence-electron chi connectivity index (χ2n) is 2.03. The van der Waals surface area contributed by atoms with Crippen LogP contribution in [0.25, 0.3) is 0 Å². The molecule has 0 aromatic rings. The summed E-state index contributed by atoms with van der Waals surface area (Å²) in [6.07, 6.45) is -0.173. The first-order valence-corrected chi connectivity index (χ1v) is 3.36. The van der Waals surface area contributed by atoms with Crippen molar-refractivity contribution in [1.82, 2.24) is 0 Å². The number of carbonyl (C=O) groups is 2. The van der Waals surface area contributed by atoms with Crippen molar-refractivity contribution in [2.45, 2.75) is 17.7 Å². The van der Waals surface area contributed by atoms with Crippen molar-refractivity contribution in [3.63, 3.8) is 0 Å². The van der Waals surface area contributed by atoms with Gasteiger partial charge >= 0.3 is 11.9 Å². The number of hydrogen-bond donors (Lipinski definition) is 4. The van der Waals surface area contributed by atoms with Crippen LogP contribution in [0.5, 0.6) is 0 Å². The van der Waals surface area contributed by atoms with E-state index in [1.165, 1.54) is 0 Å². The van der Waals surface area contributed by atoms with E-state index in [0.29, 0.717) is 0 Å². The van der Waals surface area contributed by atoms with Crippen molar-refractivity contribution in [1.29, 1.82) is 0 Å². The molecule has 0 rings (SSSR count). The van der Waals surface area contributed by atoms with E-state index < -0.39 is 23.2 Å². The van der Waals surface area contributed by atoms with Crippen molar-refractivity contribution in [3.8, 4) is 0 Å². The first kappa shape index (κ1) is 10.2. The van der Waals surface area contributed by atoms with Crippen molar-refractivity contribution >= 4 is 24.6 Å². The van der Waals surface area contributed by atoms with Gasteiger partial charge in [0.2, 0.25) is 0 Å². The molecule has 11 heavy (non-hydrogen) atoms. The Morgan fingerprint density at radius 1 is 1.36 bits per heavy atom. The summed E-state index contributed by atoms with van der Waals surface area (Å²) in [5, 5.41) is 15.5. The Labute approximate surface area is 68.6 Å². The minimum Gasteiger partial charge on any atom is -0.480 e. The molecule has 0 radical (unpaired) electrons. The molecule has 0 aromatic carbocycles. The van der Waals surface area contributed by atoms with E-state index in [1.807, 2.05) is 0 Å². The highest BCUT2D eigenvalue weighted by Gasteiger charge is 2.20. The summed E-state index contributed by atoms with van der Waals surface area (Å²) in [5.74, 6) is -2.38. The maximum atomic E-state index is 10.1. The molecule has 5 nitrogen and oxygen atoms in total. The van der Waals surface area contributed by atoms with Gasteiger partial charge in [-0.15, -0.1) is 0 Å². The zero-order valence-corrected chi connectivity index (χ0v) is 6.49. The quantitative estimate of drug-likeness (QED) is 0.422. The van der Waals surface area contributed by atoms with Crippen LogP contribution in [-0.4, -0.2) is 33.4 Å². The lowest BCUT2D eigenvalue weighted by Gasteiger charge is -2.08. The predicted molar refractivity (Wildman–Crippen MR) is 40.6 cm³/mol. The van der Waals surface area contributed by atoms with E-state index in [0.717, 1.165) is 0 Å². The highest BCUT2D eigenvalue weighted by Crippen LogP contribution is 2.03. The van der Waals surface area contributed by atoms with Crippen LogP contribution in [0.15, 0.2) is 0 Å². The van der Waals surface area contributed by atoms with Crippen LogP contribution in [-0.2, 0) is 9.59 Å². The lowest BCUT2D eigenvalue weighted by molar-refractivity contribution is -0.139. The Balaban J connectivity index is 3.84. The fourth-order valence-electron chi connectivity index (χ4n) is 0.442. The third kappa shape index (κ3) is 3.84. The second kappa shape index (κ2) is 4.20. The zero-order valence-electron chi connectivity index (χ0n) is 5.60. The van der Waals surface area contributed by atoms with Crippen molar-refractivity contribution in [2.75, 3.05) is 0 Å². The molecule has 4 N–H and O–H groups in total. The van der Waals surface area contributed by atoms with Gasteiger partial charge in [-0.2, -0.15) is 12.6 Å². The summed E-state index contributed by atoms with van der Waals surface area (Å²) in [4.78, 5) is 20.2. The molecule has 6 heteroatoms. The lowest BCUT2D eigenvalue weighted by atomic mass is 10.2. The first-order valence-electron chi connectivity index (χ1n) is 2.84. The summed E-state index contributed by atoms with van der Waals surface area (Å²) in [6.45, 7) is 0. The van der Waals surface area contributed by atoms with Gasteiger partial charge < -0.3 is 15.9 Å². The molecule has 0 heterocycles. The average molecular weight is 179 g/mol. The molecule has 0 amide bonds. The van der Waals surface area contributed by atoms with Gasteiger partial charge in [0.05, 0.1) is 0 Å². The Bertz CT molecular complexity index is 154. The summed E-state index contributed by atoms with van der Waals surface area (Å²) in [6, 6.07) is -1.16. The van der Waals surface area contributed by atoms with Gasteiger partial charge in [-0.25, -0.2) is 0 Å². The van der Waals surface area contributed by atoms with Crippen LogP contribution in [0.2, 0.25) is 0 Å². The van der Waals surface area contributed by atoms with Gasteiger partial charge in [0.25, 0.3) is 0 Å². The monoisotopic (exact) mass is 179 g/mol. The average Bonchev–Trinajstić information content (AvgIpc) is 1.87. The van der Waals surface area contributed by atoms with Crippen molar-refractivity contribution in [2.24, 2.45) is 5.73 Å². The molecule has 0 aromatic heterocycles. The molecule has 0 aliphatic rings. The van der Waals surface area contributed by atoms with Crippen LogP contribution >= 0.6 is 12.6 Å². The fourth-order valence-corrected chi connectivity index (χ4v) is 0.669. The van der Waals surface area contributed by atoms with E-state index in [4.69, 9.17) is 15.9 Å². The fraction of sp³-hybridized carbons (Fsp3) is 0.600. The van der Waals surface area contributed by atoms with Gasteiger partial charge in [0, 0.05) is 0 Å². The largest absolute Gasteiger partial charge is 0.480 e. The van der Waals surface area contributed by atoms with Gasteiger partial charge in [0.1, 0.15) is 11.3 Å². The number of carboxylic acid groups (broad SMARTS) is 2. The molecule has 0 aliphatic carbocycles. The zero-order chi connectivity index (χ0) is 9.02. The molecule has 0 bridgehead atoms. The normalized spacial score (nSPS) is 15.5. The molecule has 0 spiro atoms. The van der Waals surface area contributed by atoms with Crippen LogP contribution < -0.4 is 5.73 Å². The van der Waals surface area contributed by atoms with Crippen LogP contribution in [0.3, 0.4) is 0 Å². The highest BCUT2D eigenvalue weighted by atomic mass is 32.1. The van der Waals surface area contributed by atoms with Crippen LogP contribution in [0.4, 0.5) is 0 Å². The SMILES string of the molecule is NC(CC(S)C(=O)O)C(=O)O. The van der Waals surface area contributed by atoms with E-state index in [2.05, 4.69) is 12.6 Å². The molecule has 0 saturated heterocycles. The van der Waals surface area contributed by atoms with Gasteiger partial charge in [-0.1, -0.05) is 0 Å². The molecule has 64 valence electrons. The summed E-state index contributed by atoms with van der Waals surface area (Å²) >= 11 is 3.62. The number of aliphatic carboxylic acids is 2. The van der Waals surface area contributed by atoms with Crippen LogP contribution in [0.1, 0.15) is 6.42 Å². The Hall–Kier alpha value is -0.750. The number of carboxylic acids is 2. The molecular formula is C5H9NO4S. The Morgan fingerprint density at radius 3 is 2.09 bits per heavy atom. The predicted octanol–water partition coefficient (Wildman–Crippen LogP) is -0.829. The summed E-state index contributed by atoms with van der Waals surface area (Å²) in [7, 11) is 0. The molecule has 0 aliphatic heterocycles. The minimum absolute atomic E-state index is 0.173. The first-order chi connectivity index (χ1) is 4.95. The number of nitrogens with two attached hydrogens (primary N) is 1. The van der Waals surface area contributed by atoms with Crippen molar-refractivity contribution < 1.29 is 19.8 Å². The molecule has 2 unspecified atom stereocenters. The van der Waals surface area contributed by atoms with Gasteiger partial charge in [-0.05, 0) is 6.42 Å². The highest BCUT2D eigenvalue weighted by molar-refractivity contribution is 7.81. The lowest BCUT2D eigenvalue weighted by Crippen LogP contribution is -2.34. The minimum atomic E-state index is -1.22. The standard InChI is InChI=1S/C5H9NO4S/c6-2(4(7)8)1-3(11)5(9)10/h2-3,11H,1,6H2,(H,7,8)(H,9,10). The summed E-state index contributed by atoms with van der Waals surface area (Å²) in [5.41, 5.74) is 5.04. The van der Waals surface area contributed by atoms with Gasteiger partial charge in [-0.3, -0.25) is 9.59 Å². The summed E-state index contributed by atoms with van der Waals surface area (Å²) < 4.78 is 0. The topological polar surface area (TPSA) is 101 Å². The number of rotatable bonds is 4. The third-order valence-electron chi connectivity index (χ3n) is 1.08. The van der Waals surface area contributed by atoms with E-state index in [1.54, 1.807) is 0 Å². The van der Waals surface area contributed by atoms with E-state index in [9.17, 15) is 9.59 Å². The smallest absolute Gasteiger partial charge is 0.320 e. The molecule has 0 saturated carbocycles. The van der Waals surface area contributed by atoms with Gasteiger partial charge in [0.15, 0.2) is 0 Å². The van der Waals surface area contributed by atoms with E-state index in [-0.39, 0.29) is 6.42 Å². The number of hydrogen-bond acceptors (Lipinski definition) is 4. The second-order valence-corrected chi connectivity index (χ2v) is 2.66. The number of thiol groups is 1. The third-order valence-corrected chi connectivity index (χ3v) is 1.51. The van der Waals surface area contributed by atoms with E-state index >= 15 is 0 Å². The molecule has 2 atom stereocenters. The maximum Gasteiger partial charge on any atom is 0.320 e. The Morgan fingerprint density at radius 2 is 1.82 bits per heavy atom. The maximum absolute atomic E-state index is 10.1. The van der Waals surface area contributed by atoms with Crippen LogP contribution in [0, 0.1) is 0 Å². The Kier molecular flexibility index (Phi) is 3.91.